The monoisotopic (exact) mass is 294 g/mol. The van der Waals surface area contributed by atoms with Gasteiger partial charge in [-0.1, -0.05) is 48.6 Å². The first kappa shape index (κ1) is 15.5. The first-order chi connectivity index (χ1) is 10.6. The van der Waals surface area contributed by atoms with Gasteiger partial charge in [0.05, 0.1) is 0 Å². The maximum atomic E-state index is 11.2. The summed E-state index contributed by atoms with van der Waals surface area (Å²) < 4.78 is 0. The van der Waals surface area contributed by atoms with Crippen molar-refractivity contribution in [1.82, 2.24) is 0 Å². The van der Waals surface area contributed by atoms with Crippen LogP contribution in [-0.2, 0) is 9.59 Å². The molecule has 0 saturated carbocycles. The van der Waals surface area contributed by atoms with Gasteiger partial charge >= 0.3 is 0 Å². The molecule has 0 fully saturated rings. The largest absolute Gasteiger partial charge is 0.326 e. The van der Waals surface area contributed by atoms with E-state index in [2.05, 4.69) is 10.6 Å². The van der Waals surface area contributed by atoms with E-state index in [1.54, 1.807) is 0 Å². The predicted octanol–water partition coefficient (Wildman–Crippen LogP) is 3.77. The second-order valence-electron chi connectivity index (χ2n) is 4.87. The van der Waals surface area contributed by atoms with Crippen molar-refractivity contribution in [2.24, 2.45) is 0 Å². The third-order valence-corrected chi connectivity index (χ3v) is 2.99. The van der Waals surface area contributed by atoms with E-state index >= 15 is 0 Å². The average Bonchev–Trinajstić information content (AvgIpc) is 2.46. The average molecular weight is 294 g/mol. The van der Waals surface area contributed by atoms with Gasteiger partial charge in [-0.15, -0.1) is 0 Å². The van der Waals surface area contributed by atoms with Gasteiger partial charge in [0.15, 0.2) is 0 Å². The Morgan fingerprint density at radius 3 is 1.45 bits per heavy atom. The van der Waals surface area contributed by atoms with Crippen LogP contribution in [0.2, 0.25) is 0 Å². The molecule has 0 aliphatic rings. The van der Waals surface area contributed by atoms with Crippen molar-refractivity contribution < 1.29 is 9.59 Å². The van der Waals surface area contributed by atoms with Crippen LogP contribution < -0.4 is 10.6 Å². The fourth-order valence-electron chi connectivity index (χ4n) is 2.07. The Kier molecular flexibility index (Phi) is 5.09. The zero-order valence-corrected chi connectivity index (χ0v) is 12.6. The molecule has 2 N–H and O–H groups in total. The molecule has 0 heterocycles. The Morgan fingerprint density at radius 2 is 1.09 bits per heavy atom. The second-order valence-corrected chi connectivity index (χ2v) is 4.87. The Hall–Kier alpha value is -2.88. The molecular formula is C18H18N2O2. The van der Waals surface area contributed by atoms with Gasteiger partial charge in [-0.2, -0.15) is 0 Å². The smallest absolute Gasteiger partial charge is 0.221 e. The minimum absolute atomic E-state index is 0.112. The van der Waals surface area contributed by atoms with Crippen molar-refractivity contribution in [1.29, 1.82) is 0 Å². The van der Waals surface area contributed by atoms with Crippen molar-refractivity contribution in [2.45, 2.75) is 13.8 Å². The lowest BCUT2D eigenvalue weighted by atomic mass is 10.1. The van der Waals surface area contributed by atoms with Gasteiger partial charge in [0.25, 0.3) is 0 Å². The molecule has 0 unspecified atom stereocenters. The molecule has 0 saturated heterocycles. The van der Waals surface area contributed by atoms with Crippen LogP contribution in [0.5, 0.6) is 0 Å². The Balaban J connectivity index is 2.29. The van der Waals surface area contributed by atoms with Gasteiger partial charge in [-0.05, 0) is 23.3 Å². The molecule has 4 heteroatoms. The molecule has 0 aromatic heterocycles. The zero-order chi connectivity index (χ0) is 15.9. The highest BCUT2D eigenvalue weighted by atomic mass is 16.2. The van der Waals surface area contributed by atoms with Crippen LogP contribution in [-0.4, -0.2) is 11.8 Å². The first-order valence-electron chi connectivity index (χ1n) is 6.97. The molecule has 0 atom stereocenters. The van der Waals surface area contributed by atoms with Crippen molar-refractivity contribution in [3.8, 4) is 0 Å². The van der Waals surface area contributed by atoms with E-state index in [1.165, 1.54) is 13.8 Å². The molecule has 22 heavy (non-hydrogen) atoms. The summed E-state index contributed by atoms with van der Waals surface area (Å²) in [6, 6.07) is 15.1. The quantitative estimate of drug-likeness (QED) is 0.843. The van der Waals surface area contributed by atoms with Crippen LogP contribution in [0, 0.1) is 0 Å². The van der Waals surface area contributed by atoms with Crippen molar-refractivity contribution in [2.75, 3.05) is 10.6 Å². The number of hydrogen-bond acceptors (Lipinski definition) is 2. The molecule has 2 aromatic carbocycles. The summed E-state index contributed by atoms with van der Waals surface area (Å²) in [7, 11) is 0. The molecule has 0 bridgehead atoms. The molecule has 2 rings (SSSR count). The van der Waals surface area contributed by atoms with Crippen LogP contribution in [0.25, 0.3) is 12.2 Å². The fraction of sp³-hybridized carbons (Fsp3) is 0.111. The molecule has 0 spiro atoms. The molecule has 0 aliphatic heterocycles. The number of carbonyl (C=O) groups is 2. The fourth-order valence-corrected chi connectivity index (χ4v) is 2.07. The van der Waals surface area contributed by atoms with Crippen LogP contribution in [0.4, 0.5) is 11.4 Å². The van der Waals surface area contributed by atoms with Gasteiger partial charge in [-0.3, -0.25) is 9.59 Å². The molecule has 2 amide bonds. The van der Waals surface area contributed by atoms with Gasteiger partial charge in [0.1, 0.15) is 0 Å². The highest BCUT2D eigenvalue weighted by Gasteiger charge is 2.02. The highest BCUT2D eigenvalue weighted by Crippen LogP contribution is 2.21. The minimum Gasteiger partial charge on any atom is -0.326 e. The van der Waals surface area contributed by atoms with E-state index < -0.39 is 0 Å². The standard InChI is InChI=1S/C18H18N2O2/c1-13(21)19-17-9-5-3-7-15(17)11-12-16-8-4-6-10-18(16)20-14(2)22/h3-12H,1-2H3,(H,19,21)(H,20,22)/b12-11+. The third kappa shape index (κ3) is 4.31. The lowest BCUT2D eigenvalue weighted by Gasteiger charge is -2.08. The number of hydrogen-bond donors (Lipinski definition) is 2. The normalized spacial score (nSPS) is 10.5. The van der Waals surface area contributed by atoms with Crippen molar-refractivity contribution in [3.63, 3.8) is 0 Å². The number of anilines is 2. The summed E-state index contributed by atoms with van der Waals surface area (Å²) in [4.78, 5) is 22.5. The minimum atomic E-state index is -0.112. The van der Waals surface area contributed by atoms with E-state index in [0.29, 0.717) is 0 Å². The first-order valence-corrected chi connectivity index (χ1v) is 6.97. The lowest BCUT2D eigenvalue weighted by Crippen LogP contribution is -2.07. The molecule has 0 radical (unpaired) electrons. The van der Waals surface area contributed by atoms with Crippen molar-refractivity contribution >= 4 is 35.3 Å². The molecule has 0 aliphatic carbocycles. The maximum Gasteiger partial charge on any atom is 0.221 e. The highest BCUT2D eigenvalue weighted by molar-refractivity contribution is 5.94. The van der Waals surface area contributed by atoms with Crippen LogP contribution in [0.1, 0.15) is 25.0 Å². The van der Waals surface area contributed by atoms with E-state index in [1.807, 2.05) is 60.7 Å². The number of rotatable bonds is 4. The Bertz CT molecular complexity index is 659. The Labute approximate surface area is 129 Å². The summed E-state index contributed by atoms with van der Waals surface area (Å²) in [5.74, 6) is -0.223. The number of carbonyl (C=O) groups excluding carboxylic acids is 2. The summed E-state index contributed by atoms with van der Waals surface area (Å²) in [6.07, 6.45) is 3.82. The maximum absolute atomic E-state index is 11.2. The molecule has 112 valence electrons. The summed E-state index contributed by atoms with van der Waals surface area (Å²) in [5, 5.41) is 5.59. The Morgan fingerprint density at radius 1 is 0.727 bits per heavy atom. The molecular weight excluding hydrogens is 276 g/mol. The summed E-state index contributed by atoms with van der Waals surface area (Å²) >= 11 is 0. The molecule has 2 aromatic rings. The SMILES string of the molecule is CC(=O)Nc1ccccc1/C=C/c1ccccc1NC(C)=O. The zero-order valence-electron chi connectivity index (χ0n) is 12.6. The van der Waals surface area contributed by atoms with E-state index in [0.717, 1.165) is 22.5 Å². The van der Waals surface area contributed by atoms with E-state index in [4.69, 9.17) is 0 Å². The van der Waals surface area contributed by atoms with E-state index in [9.17, 15) is 9.59 Å². The van der Waals surface area contributed by atoms with E-state index in [-0.39, 0.29) is 11.8 Å². The van der Waals surface area contributed by atoms with Crippen LogP contribution in [0.15, 0.2) is 48.5 Å². The van der Waals surface area contributed by atoms with Gasteiger partial charge in [-0.25, -0.2) is 0 Å². The number of amides is 2. The molecule has 4 nitrogen and oxygen atoms in total. The summed E-state index contributed by atoms with van der Waals surface area (Å²) in [6.45, 7) is 2.96. The topological polar surface area (TPSA) is 58.2 Å². The second kappa shape index (κ2) is 7.22. The number of para-hydroxylation sites is 2. The summed E-state index contributed by atoms with van der Waals surface area (Å²) in [5.41, 5.74) is 3.30. The van der Waals surface area contributed by atoms with Gasteiger partial charge in [0, 0.05) is 25.2 Å². The van der Waals surface area contributed by atoms with Gasteiger partial charge < -0.3 is 10.6 Å². The number of benzene rings is 2. The van der Waals surface area contributed by atoms with Gasteiger partial charge in [0.2, 0.25) is 11.8 Å². The van der Waals surface area contributed by atoms with Crippen LogP contribution >= 0.6 is 0 Å². The third-order valence-electron chi connectivity index (χ3n) is 2.99. The number of nitrogens with one attached hydrogen (secondary N) is 2. The van der Waals surface area contributed by atoms with Crippen molar-refractivity contribution in [3.05, 3.63) is 59.7 Å². The predicted molar refractivity (Wildman–Crippen MR) is 90.4 cm³/mol. The lowest BCUT2D eigenvalue weighted by molar-refractivity contribution is -0.115. The van der Waals surface area contributed by atoms with Crippen LogP contribution in [0.3, 0.4) is 0 Å².